The van der Waals surface area contributed by atoms with Gasteiger partial charge < -0.3 is 0 Å². The Morgan fingerprint density at radius 2 is 1.85 bits per heavy atom. The van der Waals surface area contributed by atoms with Crippen LogP contribution in [0.1, 0.15) is 43.2 Å². The van der Waals surface area contributed by atoms with E-state index in [4.69, 9.17) is 4.99 Å². The Kier molecular flexibility index (Phi) is 4.52. The second-order valence-corrected chi connectivity index (χ2v) is 9.01. The maximum atomic E-state index is 13.8. The lowest BCUT2D eigenvalue weighted by Gasteiger charge is -2.43. The van der Waals surface area contributed by atoms with Crippen molar-refractivity contribution in [3.8, 4) is 6.07 Å². The SMILES string of the molecule is CC1=NC2=C(C#N)[C@@H](C3=CC=CC3)C3=C(C[C@H](c4ccccc4)CC3=O)N2c2ccccc21. The van der Waals surface area contributed by atoms with Crippen LogP contribution in [0.25, 0.3) is 0 Å². The summed E-state index contributed by atoms with van der Waals surface area (Å²) < 4.78 is 0. The third kappa shape index (κ3) is 2.97. The number of Topliss-reactive ketones (excluding diaryl/α,β-unsaturated/α-hetero) is 1. The minimum Gasteiger partial charge on any atom is -0.297 e. The van der Waals surface area contributed by atoms with Gasteiger partial charge in [0.2, 0.25) is 0 Å². The summed E-state index contributed by atoms with van der Waals surface area (Å²) >= 11 is 0. The molecule has 6 rings (SSSR count). The molecule has 2 heterocycles. The Morgan fingerprint density at radius 1 is 1.06 bits per heavy atom. The first-order valence-electron chi connectivity index (χ1n) is 11.4. The fraction of sp³-hybridized carbons (Fsp3) is 0.207. The second-order valence-electron chi connectivity index (χ2n) is 9.01. The maximum absolute atomic E-state index is 13.8. The molecule has 2 aliphatic heterocycles. The van der Waals surface area contributed by atoms with Gasteiger partial charge in [-0.2, -0.15) is 5.26 Å². The molecular formula is C29H23N3O. The first-order chi connectivity index (χ1) is 16.2. The fourth-order valence-corrected chi connectivity index (χ4v) is 5.66. The molecule has 0 saturated carbocycles. The number of nitrogens with zero attached hydrogens (tertiary/aromatic N) is 3. The maximum Gasteiger partial charge on any atom is 0.162 e. The van der Waals surface area contributed by atoms with Gasteiger partial charge in [0.05, 0.1) is 17.3 Å². The van der Waals surface area contributed by atoms with E-state index >= 15 is 0 Å². The molecule has 33 heavy (non-hydrogen) atoms. The zero-order valence-electron chi connectivity index (χ0n) is 18.5. The highest BCUT2D eigenvalue weighted by Crippen LogP contribution is 2.51. The summed E-state index contributed by atoms with van der Waals surface area (Å²) in [5.41, 5.74) is 7.56. The van der Waals surface area contributed by atoms with E-state index in [0.29, 0.717) is 17.8 Å². The van der Waals surface area contributed by atoms with E-state index in [1.165, 1.54) is 5.56 Å². The number of nitriles is 1. The molecule has 4 heteroatoms. The van der Waals surface area contributed by atoms with Crippen LogP contribution < -0.4 is 4.90 Å². The van der Waals surface area contributed by atoms with Crippen LogP contribution in [0.15, 0.2) is 106 Å². The summed E-state index contributed by atoms with van der Waals surface area (Å²) in [6.45, 7) is 1.99. The number of carbonyl (C=O) groups is 1. The Labute approximate surface area is 193 Å². The van der Waals surface area contributed by atoms with Crippen LogP contribution in [0.5, 0.6) is 0 Å². The van der Waals surface area contributed by atoms with Gasteiger partial charge in [-0.15, -0.1) is 0 Å². The lowest BCUT2D eigenvalue weighted by atomic mass is 9.71. The quantitative estimate of drug-likeness (QED) is 0.591. The van der Waals surface area contributed by atoms with E-state index in [1.54, 1.807) is 0 Å². The summed E-state index contributed by atoms with van der Waals surface area (Å²) in [6, 6.07) is 20.9. The summed E-state index contributed by atoms with van der Waals surface area (Å²) in [5, 5.41) is 10.3. The summed E-state index contributed by atoms with van der Waals surface area (Å²) in [4.78, 5) is 20.8. The van der Waals surface area contributed by atoms with E-state index in [1.807, 2.05) is 43.3 Å². The molecule has 2 aliphatic carbocycles. The number of para-hydroxylation sites is 1. The van der Waals surface area contributed by atoms with Gasteiger partial charge in [0.15, 0.2) is 11.6 Å². The number of rotatable bonds is 2. The average molecular weight is 430 g/mol. The minimum absolute atomic E-state index is 0.109. The highest BCUT2D eigenvalue weighted by atomic mass is 16.1. The first-order valence-corrected chi connectivity index (χ1v) is 11.4. The molecule has 0 N–H and O–H groups in total. The van der Waals surface area contributed by atoms with E-state index in [2.05, 4.69) is 47.4 Å². The molecule has 0 spiro atoms. The van der Waals surface area contributed by atoms with Gasteiger partial charge in [0, 0.05) is 34.9 Å². The molecule has 160 valence electrons. The number of hydrogen-bond acceptors (Lipinski definition) is 4. The van der Waals surface area contributed by atoms with Crippen molar-refractivity contribution in [1.82, 2.24) is 0 Å². The average Bonchev–Trinajstić information content (AvgIpc) is 3.38. The summed E-state index contributed by atoms with van der Waals surface area (Å²) in [5.74, 6) is 0.598. The second kappa shape index (κ2) is 7.56. The number of ketones is 1. The molecule has 4 nitrogen and oxygen atoms in total. The molecule has 4 aliphatic rings. The molecule has 0 bridgehead atoms. The van der Waals surface area contributed by atoms with Gasteiger partial charge in [-0.1, -0.05) is 72.3 Å². The van der Waals surface area contributed by atoms with E-state index < -0.39 is 0 Å². The highest BCUT2D eigenvalue weighted by Gasteiger charge is 2.45. The zero-order chi connectivity index (χ0) is 22.5. The topological polar surface area (TPSA) is 56.5 Å². The van der Waals surface area contributed by atoms with Gasteiger partial charge >= 0.3 is 0 Å². The van der Waals surface area contributed by atoms with Gasteiger partial charge in [-0.3, -0.25) is 9.69 Å². The lowest BCUT2D eigenvalue weighted by Crippen LogP contribution is -2.40. The number of benzene rings is 2. The van der Waals surface area contributed by atoms with Crippen molar-refractivity contribution in [2.45, 2.75) is 32.1 Å². The van der Waals surface area contributed by atoms with Crippen LogP contribution in [-0.4, -0.2) is 11.5 Å². The molecule has 2 aromatic carbocycles. The van der Waals surface area contributed by atoms with Gasteiger partial charge in [-0.05, 0) is 37.3 Å². The third-order valence-corrected chi connectivity index (χ3v) is 7.15. The largest absolute Gasteiger partial charge is 0.297 e. The van der Waals surface area contributed by atoms with Crippen molar-refractivity contribution in [2.75, 3.05) is 4.90 Å². The number of hydrogen-bond donors (Lipinski definition) is 0. The number of carbonyl (C=O) groups excluding carboxylic acids is 1. The molecule has 2 atom stereocenters. The van der Waals surface area contributed by atoms with Crippen molar-refractivity contribution in [2.24, 2.45) is 10.9 Å². The molecule has 2 aromatic rings. The van der Waals surface area contributed by atoms with E-state index in [-0.39, 0.29) is 17.6 Å². The Bertz CT molecular complexity index is 1380. The molecule has 0 aromatic heterocycles. The van der Waals surface area contributed by atoms with Crippen LogP contribution in [0.2, 0.25) is 0 Å². The Hall–Kier alpha value is -3.97. The Morgan fingerprint density at radius 3 is 2.61 bits per heavy atom. The number of fused-ring (bicyclic) bond motifs is 4. The molecule has 0 saturated heterocycles. The standard InChI is InChI=1S/C29H23N3O/c1-18-22-13-7-8-14-24(22)32-25-15-21(19-9-3-2-4-10-19)16-26(33)28(25)27(20-11-5-6-12-20)23(17-30)29(32)31-18/h2-11,13-14,21,27H,12,15-16H2,1H3/t21-,27+/m0/s1. The lowest BCUT2D eigenvalue weighted by molar-refractivity contribution is -0.116. The smallest absolute Gasteiger partial charge is 0.162 e. The predicted octanol–water partition coefficient (Wildman–Crippen LogP) is 5.97. The molecule has 0 fully saturated rings. The van der Waals surface area contributed by atoms with Gasteiger partial charge in [0.1, 0.15) is 0 Å². The highest BCUT2D eigenvalue weighted by molar-refractivity contribution is 6.08. The van der Waals surface area contributed by atoms with Crippen LogP contribution in [0.4, 0.5) is 5.69 Å². The van der Waals surface area contributed by atoms with Gasteiger partial charge in [0.25, 0.3) is 0 Å². The van der Waals surface area contributed by atoms with Crippen LogP contribution in [0.3, 0.4) is 0 Å². The fourth-order valence-electron chi connectivity index (χ4n) is 5.66. The molecule has 0 unspecified atom stereocenters. The van der Waals surface area contributed by atoms with Crippen molar-refractivity contribution in [1.29, 1.82) is 5.26 Å². The summed E-state index contributed by atoms with van der Waals surface area (Å²) in [6.07, 6.45) is 8.14. The third-order valence-electron chi connectivity index (χ3n) is 7.15. The van der Waals surface area contributed by atoms with Crippen molar-refractivity contribution in [3.05, 3.63) is 112 Å². The zero-order valence-corrected chi connectivity index (χ0v) is 18.5. The van der Waals surface area contributed by atoms with Crippen LogP contribution >= 0.6 is 0 Å². The van der Waals surface area contributed by atoms with E-state index in [0.717, 1.165) is 46.6 Å². The number of allylic oxidation sites excluding steroid dienone is 7. The summed E-state index contributed by atoms with van der Waals surface area (Å²) in [7, 11) is 0. The van der Waals surface area contributed by atoms with Crippen molar-refractivity contribution < 1.29 is 4.79 Å². The number of aliphatic imine (C=N–C) groups is 1. The molecular weight excluding hydrogens is 406 g/mol. The minimum atomic E-state index is -0.322. The van der Waals surface area contributed by atoms with Gasteiger partial charge in [-0.25, -0.2) is 4.99 Å². The first kappa shape index (κ1) is 19.7. The Balaban J connectivity index is 1.60. The molecule has 0 radical (unpaired) electrons. The van der Waals surface area contributed by atoms with E-state index in [9.17, 15) is 10.1 Å². The molecule has 0 amide bonds. The number of anilines is 1. The van der Waals surface area contributed by atoms with Crippen molar-refractivity contribution >= 4 is 17.2 Å². The monoisotopic (exact) mass is 429 g/mol. The van der Waals surface area contributed by atoms with Crippen molar-refractivity contribution in [3.63, 3.8) is 0 Å². The van der Waals surface area contributed by atoms with Crippen LogP contribution in [0, 0.1) is 17.2 Å². The normalized spacial score (nSPS) is 23.5. The predicted molar refractivity (Wildman–Crippen MR) is 130 cm³/mol. The van der Waals surface area contributed by atoms with Crippen LogP contribution in [-0.2, 0) is 4.79 Å².